The van der Waals surface area contributed by atoms with Crippen LogP contribution >= 0.6 is 0 Å². The van der Waals surface area contributed by atoms with Gasteiger partial charge in [-0.1, -0.05) is 6.07 Å². The number of carbonyl (C=O) groups excluding carboxylic acids is 1. The maximum Gasteiger partial charge on any atom is 0.317 e. The summed E-state index contributed by atoms with van der Waals surface area (Å²) in [5.74, 6) is 1.50. The molecule has 0 unspecified atom stereocenters. The van der Waals surface area contributed by atoms with E-state index in [-0.39, 0.29) is 6.03 Å². The fraction of sp³-hybridized carbons (Fsp3) is 0.412. The lowest BCUT2D eigenvalue weighted by molar-refractivity contribution is 0.171. The van der Waals surface area contributed by atoms with Crippen LogP contribution in [0.3, 0.4) is 0 Å². The lowest BCUT2D eigenvalue weighted by Crippen LogP contribution is -2.37. The van der Waals surface area contributed by atoms with Gasteiger partial charge in [-0.15, -0.1) is 0 Å². The average molecular weight is 330 g/mol. The van der Waals surface area contributed by atoms with Gasteiger partial charge in [0.05, 0.1) is 6.20 Å². The Balaban J connectivity index is 1.48. The highest BCUT2D eigenvalue weighted by Gasteiger charge is 2.14. The largest absolute Gasteiger partial charge is 0.486 e. The number of hydrogen-bond acceptors (Lipinski definition) is 4. The van der Waals surface area contributed by atoms with Crippen molar-refractivity contribution in [2.75, 3.05) is 26.8 Å². The van der Waals surface area contributed by atoms with Crippen LogP contribution < -0.4 is 14.8 Å². The maximum absolute atomic E-state index is 12.2. The molecule has 0 aliphatic carbocycles. The molecule has 1 aromatic carbocycles. The third kappa shape index (κ3) is 3.98. The SMILES string of the molecule is CN(Cc1ccc2c(c1)OCCO2)C(=O)NCCc1cnn(C)c1. The van der Waals surface area contributed by atoms with Crippen molar-refractivity contribution in [1.82, 2.24) is 20.0 Å². The van der Waals surface area contributed by atoms with Crippen molar-refractivity contribution < 1.29 is 14.3 Å². The van der Waals surface area contributed by atoms with E-state index in [1.165, 1.54) is 0 Å². The summed E-state index contributed by atoms with van der Waals surface area (Å²) >= 11 is 0. The Morgan fingerprint density at radius 2 is 2.08 bits per heavy atom. The van der Waals surface area contributed by atoms with E-state index in [0.29, 0.717) is 26.3 Å². The number of ether oxygens (including phenoxy) is 2. The van der Waals surface area contributed by atoms with Crippen LogP contribution in [0.15, 0.2) is 30.6 Å². The van der Waals surface area contributed by atoms with Gasteiger partial charge >= 0.3 is 6.03 Å². The number of nitrogens with one attached hydrogen (secondary N) is 1. The highest BCUT2D eigenvalue weighted by Crippen LogP contribution is 2.30. The molecule has 2 aromatic rings. The molecule has 0 fully saturated rings. The molecule has 0 saturated carbocycles. The van der Waals surface area contributed by atoms with Gasteiger partial charge in [0.25, 0.3) is 0 Å². The standard InChI is InChI=1S/C17H22N4O3/c1-20(17(22)18-6-5-14-10-19-21(2)12-14)11-13-3-4-15-16(9-13)24-8-7-23-15/h3-4,9-10,12H,5-8,11H2,1-2H3,(H,18,22). The molecule has 1 aromatic heterocycles. The summed E-state index contributed by atoms with van der Waals surface area (Å²) in [7, 11) is 3.65. The van der Waals surface area contributed by atoms with Gasteiger partial charge in [-0.3, -0.25) is 4.68 Å². The van der Waals surface area contributed by atoms with Gasteiger partial charge in [-0.2, -0.15) is 5.10 Å². The minimum absolute atomic E-state index is 0.103. The van der Waals surface area contributed by atoms with Crippen LogP contribution in [0.1, 0.15) is 11.1 Å². The van der Waals surface area contributed by atoms with Crippen LogP contribution in [0.25, 0.3) is 0 Å². The van der Waals surface area contributed by atoms with E-state index in [9.17, 15) is 4.79 Å². The molecule has 1 aliphatic heterocycles. The Labute approximate surface area is 141 Å². The number of rotatable bonds is 5. The van der Waals surface area contributed by atoms with Crippen molar-refractivity contribution in [1.29, 1.82) is 0 Å². The minimum Gasteiger partial charge on any atom is -0.486 e. The van der Waals surface area contributed by atoms with E-state index >= 15 is 0 Å². The molecule has 1 N–H and O–H groups in total. The molecule has 1 aliphatic rings. The van der Waals surface area contributed by atoms with Crippen molar-refractivity contribution in [3.05, 3.63) is 41.7 Å². The van der Waals surface area contributed by atoms with Crippen LogP contribution in [0.4, 0.5) is 4.79 Å². The molecule has 0 spiro atoms. The molecule has 0 radical (unpaired) electrons. The fourth-order valence-corrected chi connectivity index (χ4v) is 2.58. The smallest absolute Gasteiger partial charge is 0.317 e. The number of aromatic nitrogens is 2. The first-order valence-electron chi connectivity index (χ1n) is 7.97. The maximum atomic E-state index is 12.2. The van der Waals surface area contributed by atoms with Crippen molar-refractivity contribution in [2.24, 2.45) is 7.05 Å². The van der Waals surface area contributed by atoms with Gasteiger partial charge in [0, 0.05) is 33.4 Å². The summed E-state index contributed by atoms with van der Waals surface area (Å²) in [5, 5.41) is 7.03. The van der Waals surface area contributed by atoms with Crippen LogP contribution in [0, 0.1) is 0 Å². The highest BCUT2D eigenvalue weighted by molar-refractivity contribution is 5.73. The first kappa shape index (κ1) is 16.2. The Hall–Kier alpha value is -2.70. The Morgan fingerprint density at radius 3 is 2.83 bits per heavy atom. The summed E-state index contributed by atoms with van der Waals surface area (Å²) in [6, 6.07) is 5.66. The van der Waals surface area contributed by atoms with E-state index in [1.807, 2.05) is 37.6 Å². The summed E-state index contributed by atoms with van der Waals surface area (Å²) in [4.78, 5) is 13.8. The molecule has 2 amide bonds. The minimum atomic E-state index is -0.103. The normalized spacial score (nSPS) is 12.8. The molecule has 128 valence electrons. The van der Waals surface area contributed by atoms with Crippen molar-refractivity contribution >= 4 is 6.03 Å². The molecular formula is C17H22N4O3. The Bertz CT molecular complexity index is 714. The van der Waals surface area contributed by atoms with Gasteiger partial charge in [-0.25, -0.2) is 4.79 Å². The van der Waals surface area contributed by atoms with Gasteiger partial charge in [0.1, 0.15) is 13.2 Å². The number of aryl methyl sites for hydroxylation is 1. The first-order chi connectivity index (χ1) is 11.6. The van der Waals surface area contributed by atoms with E-state index in [2.05, 4.69) is 10.4 Å². The second-order valence-corrected chi connectivity index (χ2v) is 5.84. The second kappa shape index (κ2) is 7.25. The number of hydrogen-bond donors (Lipinski definition) is 1. The van der Waals surface area contributed by atoms with Gasteiger partial charge in [-0.05, 0) is 29.7 Å². The van der Waals surface area contributed by atoms with E-state index in [4.69, 9.17) is 9.47 Å². The van der Waals surface area contributed by atoms with Crippen LogP contribution in [-0.2, 0) is 20.0 Å². The second-order valence-electron chi connectivity index (χ2n) is 5.84. The highest BCUT2D eigenvalue weighted by atomic mass is 16.6. The summed E-state index contributed by atoms with van der Waals surface area (Å²) in [6.45, 7) is 2.22. The molecule has 0 saturated heterocycles. The quantitative estimate of drug-likeness (QED) is 0.904. The molecule has 0 bridgehead atoms. The number of carbonyl (C=O) groups is 1. The topological polar surface area (TPSA) is 68.6 Å². The van der Waals surface area contributed by atoms with Crippen molar-refractivity contribution in [3.63, 3.8) is 0 Å². The van der Waals surface area contributed by atoms with Crippen molar-refractivity contribution in [3.8, 4) is 11.5 Å². The fourth-order valence-electron chi connectivity index (χ4n) is 2.58. The van der Waals surface area contributed by atoms with E-state index in [1.54, 1.807) is 16.6 Å². The predicted molar refractivity (Wildman–Crippen MR) is 89.2 cm³/mol. The Kier molecular flexibility index (Phi) is 4.88. The summed E-state index contributed by atoms with van der Waals surface area (Å²) < 4.78 is 12.8. The van der Waals surface area contributed by atoms with E-state index < -0.39 is 0 Å². The molecule has 0 atom stereocenters. The third-order valence-corrected chi connectivity index (χ3v) is 3.82. The number of benzene rings is 1. The monoisotopic (exact) mass is 330 g/mol. The zero-order chi connectivity index (χ0) is 16.9. The number of fused-ring (bicyclic) bond motifs is 1. The zero-order valence-corrected chi connectivity index (χ0v) is 14.0. The zero-order valence-electron chi connectivity index (χ0n) is 14.0. The van der Waals surface area contributed by atoms with Crippen LogP contribution in [-0.4, -0.2) is 47.5 Å². The molecule has 2 heterocycles. The first-order valence-corrected chi connectivity index (χ1v) is 7.97. The molecular weight excluding hydrogens is 308 g/mol. The average Bonchev–Trinajstić information content (AvgIpc) is 3.00. The molecule has 24 heavy (non-hydrogen) atoms. The number of nitrogens with zero attached hydrogens (tertiary/aromatic N) is 3. The number of amides is 2. The van der Waals surface area contributed by atoms with Crippen molar-refractivity contribution in [2.45, 2.75) is 13.0 Å². The molecule has 7 nitrogen and oxygen atoms in total. The van der Waals surface area contributed by atoms with Gasteiger partial charge in [0.2, 0.25) is 0 Å². The van der Waals surface area contributed by atoms with Gasteiger partial charge < -0.3 is 19.7 Å². The molecule has 3 rings (SSSR count). The van der Waals surface area contributed by atoms with Crippen LogP contribution in [0.2, 0.25) is 0 Å². The summed E-state index contributed by atoms with van der Waals surface area (Å²) in [6.07, 6.45) is 4.52. The molecule has 7 heteroatoms. The van der Waals surface area contributed by atoms with Gasteiger partial charge in [0.15, 0.2) is 11.5 Å². The predicted octanol–water partition coefficient (Wildman–Crippen LogP) is 1.58. The third-order valence-electron chi connectivity index (χ3n) is 3.82. The Morgan fingerprint density at radius 1 is 1.29 bits per heavy atom. The summed E-state index contributed by atoms with van der Waals surface area (Å²) in [5.41, 5.74) is 2.11. The van der Waals surface area contributed by atoms with Crippen LogP contribution in [0.5, 0.6) is 11.5 Å². The number of urea groups is 1. The lowest BCUT2D eigenvalue weighted by Gasteiger charge is -2.21. The lowest BCUT2D eigenvalue weighted by atomic mass is 10.2. The van der Waals surface area contributed by atoms with E-state index in [0.717, 1.165) is 29.0 Å².